The van der Waals surface area contributed by atoms with E-state index in [2.05, 4.69) is 27.8 Å². The summed E-state index contributed by atoms with van der Waals surface area (Å²) in [6, 6.07) is 22.8. The van der Waals surface area contributed by atoms with Gasteiger partial charge < -0.3 is 9.30 Å². The average Bonchev–Trinajstić information content (AvgIpc) is 3.18. The molecule has 4 aromatic rings. The van der Waals surface area contributed by atoms with Crippen molar-refractivity contribution in [2.24, 2.45) is 0 Å². The molecule has 0 aliphatic heterocycles. The lowest BCUT2D eigenvalue weighted by Gasteiger charge is -2.14. The highest BCUT2D eigenvalue weighted by Gasteiger charge is 2.14. The fourth-order valence-corrected chi connectivity index (χ4v) is 3.17. The normalized spacial score (nSPS) is 10.7. The second-order valence-electron chi connectivity index (χ2n) is 6.28. The number of aromatic nitrogens is 2. The zero-order valence-corrected chi connectivity index (χ0v) is 15.0. The van der Waals surface area contributed by atoms with Crippen LogP contribution in [0.3, 0.4) is 0 Å². The van der Waals surface area contributed by atoms with E-state index in [0.717, 1.165) is 33.8 Å². The van der Waals surface area contributed by atoms with Gasteiger partial charge in [0.2, 0.25) is 0 Å². The Morgan fingerprint density at radius 1 is 0.926 bits per heavy atom. The number of rotatable bonds is 5. The lowest BCUT2D eigenvalue weighted by atomic mass is 9.98. The second-order valence-corrected chi connectivity index (χ2v) is 6.28. The van der Waals surface area contributed by atoms with Gasteiger partial charge in [-0.05, 0) is 47.0 Å². The summed E-state index contributed by atoms with van der Waals surface area (Å²) >= 11 is 0. The molecule has 3 aromatic carbocycles. The van der Waals surface area contributed by atoms with Crippen LogP contribution in [0.5, 0.6) is 5.75 Å². The summed E-state index contributed by atoms with van der Waals surface area (Å²) in [5, 5.41) is 0. The van der Waals surface area contributed by atoms with Crippen molar-refractivity contribution in [2.75, 3.05) is 7.11 Å². The standard InChI is InChI=1S/C23H19FN2O/c1-27-20-11-12-21(18-5-3-2-4-6-18)22(15-20)23-25-13-14-26(23)16-17-7-9-19(24)10-8-17/h2-15H,16H2,1H3. The first-order valence-electron chi connectivity index (χ1n) is 8.74. The van der Waals surface area contributed by atoms with E-state index in [9.17, 15) is 4.39 Å². The van der Waals surface area contributed by atoms with Crippen LogP contribution in [0.1, 0.15) is 5.56 Å². The van der Waals surface area contributed by atoms with Gasteiger partial charge in [-0.2, -0.15) is 0 Å². The highest BCUT2D eigenvalue weighted by atomic mass is 19.1. The molecule has 0 spiro atoms. The molecule has 0 saturated carbocycles. The highest BCUT2D eigenvalue weighted by Crippen LogP contribution is 2.34. The van der Waals surface area contributed by atoms with Crippen LogP contribution in [0.4, 0.5) is 4.39 Å². The van der Waals surface area contributed by atoms with E-state index in [0.29, 0.717) is 6.54 Å². The number of imidazole rings is 1. The Bertz CT molecular complexity index is 1040. The molecule has 0 N–H and O–H groups in total. The summed E-state index contributed by atoms with van der Waals surface area (Å²) < 4.78 is 20.7. The van der Waals surface area contributed by atoms with Crippen molar-refractivity contribution < 1.29 is 9.13 Å². The van der Waals surface area contributed by atoms with E-state index in [1.807, 2.05) is 36.5 Å². The zero-order chi connectivity index (χ0) is 18.6. The van der Waals surface area contributed by atoms with Crippen molar-refractivity contribution in [2.45, 2.75) is 6.54 Å². The van der Waals surface area contributed by atoms with Crippen molar-refractivity contribution in [3.05, 3.63) is 96.6 Å². The fourth-order valence-electron chi connectivity index (χ4n) is 3.17. The van der Waals surface area contributed by atoms with Crippen LogP contribution >= 0.6 is 0 Å². The maximum absolute atomic E-state index is 13.2. The monoisotopic (exact) mass is 358 g/mol. The maximum atomic E-state index is 13.2. The quantitative estimate of drug-likeness (QED) is 0.477. The molecule has 0 saturated heterocycles. The Balaban J connectivity index is 1.79. The molecule has 0 bridgehead atoms. The lowest BCUT2D eigenvalue weighted by molar-refractivity contribution is 0.415. The summed E-state index contributed by atoms with van der Waals surface area (Å²) in [5.74, 6) is 1.39. The summed E-state index contributed by atoms with van der Waals surface area (Å²) in [5.41, 5.74) is 4.21. The number of methoxy groups -OCH3 is 1. The van der Waals surface area contributed by atoms with E-state index in [-0.39, 0.29) is 5.82 Å². The van der Waals surface area contributed by atoms with Crippen molar-refractivity contribution >= 4 is 0 Å². The Labute approximate surface area is 157 Å². The van der Waals surface area contributed by atoms with E-state index >= 15 is 0 Å². The van der Waals surface area contributed by atoms with Gasteiger partial charge in [0.25, 0.3) is 0 Å². The number of benzene rings is 3. The highest BCUT2D eigenvalue weighted by molar-refractivity contribution is 5.81. The summed E-state index contributed by atoms with van der Waals surface area (Å²) in [6.07, 6.45) is 3.72. The first-order valence-corrected chi connectivity index (χ1v) is 8.74. The Morgan fingerprint density at radius 2 is 1.70 bits per heavy atom. The van der Waals surface area contributed by atoms with E-state index in [1.54, 1.807) is 25.4 Å². The van der Waals surface area contributed by atoms with Gasteiger partial charge in [-0.1, -0.05) is 42.5 Å². The van der Waals surface area contributed by atoms with Crippen LogP contribution in [0.25, 0.3) is 22.5 Å². The van der Waals surface area contributed by atoms with Gasteiger partial charge in [0.05, 0.1) is 7.11 Å². The van der Waals surface area contributed by atoms with Gasteiger partial charge in [0.15, 0.2) is 0 Å². The van der Waals surface area contributed by atoms with Crippen LogP contribution in [-0.4, -0.2) is 16.7 Å². The van der Waals surface area contributed by atoms with Crippen molar-refractivity contribution in [3.63, 3.8) is 0 Å². The Morgan fingerprint density at radius 3 is 2.44 bits per heavy atom. The van der Waals surface area contributed by atoms with Gasteiger partial charge in [-0.15, -0.1) is 0 Å². The molecular formula is C23H19FN2O. The molecular weight excluding hydrogens is 339 g/mol. The van der Waals surface area contributed by atoms with Crippen LogP contribution in [0, 0.1) is 5.82 Å². The predicted molar refractivity (Wildman–Crippen MR) is 105 cm³/mol. The first kappa shape index (κ1) is 17.0. The summed E-state index contributed by atoms with van der Waals surface area (Å²) in [6.45, 7) is 0.612. The third kappa shape index (κ3) is 3.60. The maximum Gasteiger partial charge on any atom is 0.140 e. The fraction of sp³-hybridized carbons (Fsp3) is 0.0870. The third-order valence-corrected chi connectivity index (χ3v) is 4.53. The Hall–Kier alpha value is -3.40. The largest absolute Gasteiger partial charge is 0.497 e. The minimum atomic E-state index is -0.233. The third-order valence-electron chi connectivity index (χ3n) is 4.53. The predicted octanol–water partition coefficient (Wildman–Crippen LogP) is 5.41. The molecule has 27 heavy (non-hydrogen) atoms. The molecule has 0 amide bonds. The van der Waals surface area contributed by atoms with Crippen LogP contribution < -0.4 is 4.74 Å². The molecule has 0 fully saturated rings. The van der Waals surface area contributed by atoms with Crippen molar-refractivity contribution in [3.8, 4) is 28.3 Å². The first-order chi connectivity index (χ1) is 13.2. The molecule has 0 radical (unpaired) electrons. The van der Waals surface area contributed by atoms with Gasteiger partial charge in [-0.3, -0.25) is 0 Å². The topological polar surface area (TPSA) is 27.1 Å². The van der Waals surface area contributed by atoms with E-state index in [1.165, 1.54) is 12.1 Å². The lowest BCUT2D eigenvalue weighted by Crippen LogP contribution is -2.02. The van der Waals surface area contributed by atoms with Crippen molar-refractivity contribution in [1.82, 2.24) is 9.55 Å². The second kappa shape index (κ2) is 7.46. The number of nitrogens with zero attached hydrogens (tertiary/aromatic N) is 2. The zero-order valence-electron chi connectivity index (χ0n) is 15.0. The minimum absolute atomic E-state index is 0.233. The summed E-state index contributed by atoms with van der Waals surface area (Å²) in [7, 11) is 1.66. The number of ether oxygens (including phenoxy) is 1. The van der Waals surface area contributed by atoms with Gasteiger partial charge in [-0.25, -0.2) is 9.37 Å². The van der Waals surface area contributed by atoms with Crippen LogP contribution in [0.2, 0.25) is 0 Å². The molecule has 4 heteroatoms. The van der Waals surface area contributed by atoms with E-state index < -0.39 is 0 Å². The molecule has 0 unspecified atom stereocenters. The number of hydrogen-bond acceptors (Lipinski definition) is 2. The summed E-state index contributed by atoms with van der Waals surface area (Å²) in [4.78, 5) is 4.60. The van der Waals surface area contributed by atoms with Gasteiger partial charge in [0.1, 0.15) is 17.4 Å². The van der Waals surface area contributed by atoms with Crippen LogP contribution in [0.15, 0.2) is 85.2 Å². The average molecular weight is 358 g/mol. The number of hydrogen-bond donors (Lipinski definition) is 0. The molecule has 0 atom stereocenters. The minimum Gasteiger partial charge on any atom is -0.497 e. The van der Waals surface area contributed by atoms with Gasteiger partial charge >= 0.3 is 0 Å². The van der Waals surface area contributed by atoms with Gasteiger partial charge in [0, 0.05) is 24.5 Å². The van der Waals surface area contributed by atoms with E-state index in [4.69, 9.17) is 4.74 Å². The Kier molecular flexibility index (Phi) is 4.71. The molecule has 134 valence electrons. The van der Waals surface area contributed by atoms with Crippen LogP contribution in [-0.2, 0) is 6.54 Å². The molecule has 0 aliphatic rings. The molecule has 3 nitrogen and oxygen atoms in total. The molecule has 0 aliphatic carbocycles. The van der Waals surface area contributed by atoms with Crippen molar-refractivity contribution in [1.29, 1.82) is 0 Å². The smallest absolute Gasteiger partial charge is 0.140 e. The molecule has 4 rings (SSSR count). The SMILES string of the molecule is COc1ccc(-c2ccccc2)c(-c2nccn2Cc2ccc(F)cc2)c1. The molecule has 1 aromatic heterocycles. The molecule has 1 heterocycles. The number of halogens is 1.